The van der Waals surface area contributed by atoms with E-state index in [0.717, 1.165) is 11.1 Å². The van der Waals surface area contributed by atoms with Crippen molar-refractivity contribution in [3.05, 3.63) is 46.7 Å². The molecule has 20 heavy (non-hydrogen) atoms. The van der Waals surface area contributed by atoms with Crippen LogP contribution >= 0.6 is 0 Å². The lowest BCUT2D eigenvalue weighted by Crippen LogP contribution is -2.06. The summed E-state index contributed by atoms with van der Waals surface area (Å²) in [7, 11) is 0. The third-order valence-electron chi connectivity index (χ3n) is 3.47. The summed E-state index contributed by atoms with van der Waals surface area (Å²) in [6.45, 7) is 9.27. The van der Waals surface area contributed by atoms with E-state index in [1.54, 1.807) is 13.0 Å². The first-order chi connectivity index (χ1) is 9.36. The molecule has 1 heterocycles. The smallest absolute Gasteiger partial charge is 0.371 e. The highest BCUT2D eigenvalue weighted by atomic mass is 16.4. The number of carbonyl (C=O) groups excluding carboxylic acids is 1. The zero-order valence-electron chi connectivity index (χ0n) is 11.7. The second-order valence-corrected chi connectivity index (χ2v) is 4.81. The minimum Gasteiger partial charge on any atom is -0.475 e. The van der Waals surface area contributed by atoms with E-state index in [-0.39, 0.29) is 11.5 Å². The zero-order chi connectivity index (χ0) is 15.0. The molecule has 0 aliphatic rings. The molecule has 0 aliphatic carbocycles. The van der Waals surface area contributed by atoms with Crippen LogP contribution in [0.4, 0.5) is 0 Å². The normalized spacial score (nSPS) is 10.8. The highest BCUT2D eigenvalue weighted by Crippen LogP contribution is 2.29. The van der Waals surface area contributed by atoms with Gasteiger partial charge in [-0.25, -0.2) is 4.79 Å². The zero-order valence-corrected chi connectivity index (χ0v) is 11.7. The average Bonchev–Trinajstić information content (AvgIpc) is 2.81. The Labute approximate surface area is 116 Å². The highest BCUT2D eigenvalue weighted by Gasteiger charge is 2.20. The fourth-order valence-electron chi connectivity index (χ4n) is 2.30. The quantitative estimate of drug-likeness (QED) is 0.677. The maximum atomic E-state index is 12.4. The molecule has 0 amide bonds. The van der Waals surface area contributed by atoms with Crippen LogP contribution in [0.2, 0.25) is 0 Å². The lowest BCUT2D eigenvalue weighted by molar-refractivity contribution is 0.0664. The fraction of sp³-hybridized carbons (Fsp3) is 0.250. The summed E-state index contributed by atoms with van der Waals surface area (Å²) in [5.74, 6) is -1.34. The molecule has 0 saturated carbocycles. The van der Waals surface area contributed by atoms with E-state index < -0.39 is 5.97 Å². The van der Waals surface area contributed by atoms with Gasteiger partial charge < -0.3 is 9.52 Å². The number of furan rings is 1. The number of carboxylic acids is 1. The number of rotatable bonds is 4. The molecule has 1 aromatic carbocycles. The molecule has 0 saturated heterocycles. The highest BCUT2D eigenvalue weighted by molar-refractivity contribution is 6.12. The summed E-state index contributed by atoms with van der Waals surface area (Å²) in [4.78, 5) is 23.3. The van der Waals surface area contributed by atoms with Crippen molar-refractivity contribution in [3.8, 4) is 0 Å². The number of fused-ring (bicyclic) bond motifs is 1. The summed E-state index contributed by atoms with van der Waals surface area (Å²) in [6.07, 6.45) is 0.585. The van der Waals surface area contributed by atoms with Gasteiger partial charge in [-0.1, -0.05) is 13.5 Å². The van der Waals surface area contributed by atoms with Crippen molar-refractivity contribution < 1.29 is 19.1 Å². The largest absolute Gasteiger partial charge is 0.475 e. The Bertz CT molecular complexity index is 735. The van der Waals surface area contributed by atoms with Gasteiger partial charge in [0.05, 0.1) is 0 Å². The number of carboxylic acid groups (broad SMARTS) is 1. The number of benzene rings is 1. The number of aryl methyl sites for hydroxylation is 2. The number of hydrogen-bond acceptors (Lipinski definition) is 3. The van der Waals surface area contributed by atoms with Crippen molar-refractivity contribution in [1.82, 2.24) is 0 Å². The molecule has 0 radical (unpaired) electrons. The van der Waals surface area contributed by atoms with Crippen LogP contribution in [-0.4, -0.2) is 16.9 Å². The Morgan fingerprint density at radius 2 is 1.95 bits per heavy atom. The number of Topliss-reactive ketones (excluding diaryl/α,β-unsaturated/α-hetero) is 1. The molecule has 1 aromatic heterocycles. The van der Waals surface area contributed by atoms with Gasteiger partial charge in [0, 0.05) is 10.9 Å². The molecule has 4 heteroatoms. The fourth-order valence-corrected chi connectivity index (χ4v) is 2.30. The lowest BCUT2D eigenvalue weighted by Gasteiger charge is -2.10. The van der Waals surface area contributed by atoms with Crippen LogP contribution in [-0.2, 0) is 0 Å². The first kappa shape index (κ1) is 14.1. The molecule has 0 aliphatic heterocycles. The lowest BCUT2D eigenvalue weighted by atomic mass is 9.92. The summed E-state index contributed by atoms with van der Waals surface area (Å²) in [5.41, 5.74) is 3.10. The molecule has 104 valence electrons. The van der Waals surface area contributed by atoms with Crippen molar-refractivity contribution in [2.45, 2.75) is 27.2 Å². The monoisotopic (exact) mass is 272 g/mol. The van der Waals surface area contributed by atoms with Gasteiger partial charge in [-0.3, -0.25) is 4.79 Å². The van der Waals surface area contributed by atoms with Crippen LogP contribution in [0, 0.1) is 13.8 Å². The molecule has 0 spiro atoms. The van der Waals surface area contributed by atoms with Gasteiger partial charge in [0.2, 0.25) is 5.76 Å². The van der Waals surface area contributed by atoms with Crippen LogP contribution < -0.4 is 0 Å². The topological polar surface area (TPSA) is 67.5 Å². The maximum Gasteiger partial charge on any atom is 0.371 e. The van der Waals surface area contributed by atoms with Gasteiger partial charge in [-0.2, -0.15) is 0 Å². The second-order valence-electron chi connectivity index (χ2n) is 4.81. The molecule has 0 atom stereocenters. The standard InChI is InChI=1S/C16H16O4/c1-5-8(2)15(17)14-9(3)6-12-11(10(14)4)7-13(20-12)16(18)19/h6-7H,2,5H2,1,3-4H3,(H,18,19). The van der Waals surface area contributed by atoms with E-state index in [2.05, 4.69) is 6.58 Å². The molecule has 0 bridgehead atoms. The van der Waals surface area contributed by atoms with Crippen molar-refractivity contribution in [2.24, 2.45) is 0 Å². The first-order valence-electron chi connectivity index (χ1n) is 6.36. The van der Waals surface area contributed by atoms with Gasteiger partial charge >= 0.3 is 5.97 Å². The molecule has 2 rings (SSSR count). The first-order valence-corrected chi connectivity index (χ1v) is 6.36. The number of carbonyl (C=O) groups is 2. The number of hydrogen-bond donors (Lipinski definition) is 1. The Balaban J connectivity index is 2.71. The summed E-state index contributed by atoms with van der Waals surface area (Å²) < 4.78 is 5.28. The Kier molecular flexibility index (Phi) is 3.49. The Morgan fingerprint density at radius 3 is 2.50 bits per heavy atom. The van der Waals surface area contributed by atoms with Crippen LogP contribution in [0.15, 0.2) is 28.7 Å². The molecule has 4 nitrogen and oxygen atoms in total. The number of ketones is 1. The third kappa shape index (κ3) is 2.13. The minimum absolute atomic E-state index is 0.0949. The van der Waals surface area contributed by atoms with E-state index in [4.69, 9.17) is 9.52 Å². The van der Waals surface area contributed by atoms with E-state index in [9.17, 15) is 9.59 Å². The molecule has 0 fully saturated rings. The minimum atomic E-state index is -1.12. The van der Waals surface area contributed by atoms with Crippen molar-refractivity contribution in [3.63, 3.8) is 0 Å². The van der Waals surface area contributed by atoms with E-state index in [0.29, 0.717) is 28.5 Å². The molecular weight excluding hydrogens is 256 g/mol. The van der Waals surface area contributed by atoms with Gasteiger partial charge in [-0.15, -0.1) is 0 Å². The van der Waals surface area contributed by atoms with Gasteiger partial charge in [0.25, 0.3) is 0 Å². The van der Waals surface area contributed by atoms with Gasteiger partial charge in [0.15, 0.2) is 5.78 Å². The number of allylic oxidation sites excluding steroid dienone is 1. The summed E-state index contributed by atoms with van der Waals surface area (Å²) >= 11 is 0. The second kappa shape index (κ2) is 4.96. The molecular formula is C16H16O4. The van der Waals surface area contributed by atoms with Crippen molar-refractivity contribution in [1.29, 1.82) is 0 Å². The Morgan fingerprint density at radius 1 is 1.30 bits per heavy atom. The van der Waals surface area contributed by atoms with Gasteiger partial charge in [-0.05, 0) is 49.1 Å². The average molecular weight is 272 g/mol. The summed E-state index contributed by atoms with van der Waals surface area (Å²) in [5, 5.41) is 9.63. The van der Waals surface area contributed by atoms with Crippen molar-refractivity contribution in [2.75, 3.05) is 0 Å². The molecule has 0 unspecified atom stereocenters. The van der Waals surface area contributed by atoms with E-state index in [1.165, 1.54) is 6.07 Å². The van der Waals surface area contributed by atoms with Crippen LogP contribution in [0.1, 0.15) is 45.4 Å². The van der Waals surface area contributed by atoms with Crippen LogP contribution in [0.5, 0.6) is 0 Å². The molecule has 1 N–H and O–H groups in total. The predicted molar refractivity (Wildman–Crippen MR) is 76.4 cm³/mol. The predicted octanol–water partition coefficient (Wildman–Crippen LogP) is 3.90. The van der Waals surface area contributed by atoms with E-state index >= 15 is 0 Å². The van der Waals surface area contributed by atoms with Crippen molar-refractivity contribution >= 4 is 22.7 Å². The van der Waals surface area contributed by atoms with Gasteiger partial charge in [0.1, 0.15) is 5.58 Å². The molecule has 2 aromatic rings. The maximum absolute atomic E-state index is 12.4. The van der Waals surface area contributed by atoms with Crippen LogP contribution in [0.3, 0.4) is 0 Å². The third-order valence-corrected chi connectivity index (χ3v) is 3.47. The summed E-state index contributed by atoms with van der Waals surface area (Å²) in [6, 6.07) is 3.16. The Hall–Kier alpha value is -2.36. The number of aromatic carboxylic acids is 1. The SMILES string of the molecule is C=C(CC)C(=O)c1c(C)cc2oc(C(=O)O)cc2c1C. The van der Waals surface area contributed by atoms with Crippen LogP contribution in [0.25, 0.3) is 11.0 Å². The van der Waals surface area contributed by atoms with E-state index in [1.807, 2.05) is 13.8 Å².